The van der Waals surface area contributed by atoms with Gasteiger partial charge in [0, 0.05) is 12.3 Å². The molecule has 0 amide bonds. The van der Waals surface area contributed by atoms with Crippen LogP contribution in [-0.4, -0.2) is 5.78 Å². The van der Waals surface area contributed by atoms with Crippen LogP contribution in [0.3, 0.4) is 0 Å². The highest BCUT2D eigenvalue weighted by molar-refractivity contribution is 5.83. The zero-order chi connectivity index (χ0) is 14.9. The van der Waals surface area contributed by atoms with Crippen molar-refractivity contribution in [3.8, 4) is 0 Å². The van der Waals surface area contributed by atoms with Gasteiger partial charge in [-0.3, -0.25) is 4.79 Å². The van der Waals surface area contributed by atoms with Gasteiger partial charge in [-0.15, -0.1) is 6.58 Å². The molecule has 0 radical (unpaired) electrons. The fourth-order valence-corrected chi connectivity index (χ4v) is 4.97. The second kappa shape index (κ2) is 6.03. The van der Waals surface area contributed by atoms with Gasteiger partial charge in [0.2, 0.25) is 0 Å². The van der Waals surface area contributed by atoms with Crippen molar-refractivity contribution in [3.05, 3.63) is 12.2 Å². The molecule has 0 aliphatic heterocycles. The zero-order valence-corrected chi connectivity index (χ0v) is 13.9. The average Bonchev–Trinajstić information content (AvgIpc) is 2.73. The second-order valence-corrected chi connectivity index (χ2v) is 7.89. The third-order valence-corrected chi connectivity index (χ3v) is 6.50. The van der Waals surface area contributed by atoms with Crippen LogP contribution in [0.15, 0.2) is 12.2 Å². The Kier molecular flexibility index (Phi) is 4.76. The van der Waals surface area contributed by atoms with Crippen molar-refractivity contribution in [1.82, 2.24) is 0 Å². The molecule has 114 valence electrons. The molecule has 0 spiro atoms. The topological polar surface area (TPSA) is 17.1 Å². The zero-order valence-electron chi connectivity index (χ0n) is 13.9. The third-order valence-electron chi connectivity index (χ3n) is 6.50. The van der Waals surface area contributed by atoms with E-state index in [-0.39, 0.29) is 0 Å². The molecule has 1 heteroatoms. The van der Waals surface area contributed by atoms with Gasteiger partial charge >= 0.3 is 0 Å². The molecule has 2 rings (SSSR count). The normalized spacial score (nSPS) is 36.5. The smallest absolute Gasteiger partial charge is 0.136 e. The quantitative estimate of drug-likeness (QED) is 0.614. The fraction of sp³-hybridized carbons (Fsp3) is 0.842. The molecule has 0 N–H and O–H groups in total. The molecular formula is C19H32O. The summed E-state index contributed by atoms with van der Waals surface area (Å²) in [5.41, 5.74) is 1.60. The van der Waals surface area contributed by atoms with Crippen LogP contribution in [0.5, 0.6) is 0 Å². The van der Waals surface area contributed by atoms with Gasteiger partial charge in [-0.1, -0.05) is 26.3 Å². The number of ketones is 1. The molecule has 0 heterocycles. The first-order valence-corrected chi connectivity index (χ1v) is 8.53. The van der Waals surface area contributed by atoms with Crippen LogP contribution in [-0.2, 0) is 4.79 Å². The minimum atomic E-state index is 0.298. The summed E-state index contributed by atoms with van der Waals surface area (Å²) in [6.45, 7) is 13.4. The largest absolute Gasteiger partial charge is 0.299 e. The van der Waals surface area contributed by atoms with E-state index in [0.717, 1.165) is 43.4 Å². The van der Waals surface area contributed by atoms with E-state index in [9.17, 15) is 4.79 Å². The van der Waals surface area contributed by atoms with Crippen molar-refractivity contribution in [2.24, 2.45) is 29.1 Å². The summed E-state index contributed by atoms with van der Waals surface area (Å²) in [5, 5.41) is 0. The van der Waals surface area contributed by atoms with Crippen molar-refractivity contribution in [2.75, 3.05) is 0 Å². The van der Waals surface area contributed by atoms with E-state index in [1.54, 1.807) is 0 Å². The fourth-order valence-electron chi connectivity index (χ4n) is 4.97. The third kappa shape index (κ3) is 2.87. The molecule has 2 aliphatic rings. The van der Waals surface area contributed by atoms with Gasteiger partial charge in [0.25, 0.3) is 0 Å². The van der Waals surface area contributed by atoms with E-state index in [4.69, 9.17) is 0 Å². The van der Waals surface area contributed by atoms with Gasteiger partial charge in [0.05, 0.1) is 0 Å². The number of Topliss-reactive ketones (excluding diaryl/α,β-unsaturated/α-hetero) is 1. The predicted octanol–water partition coefficient (Wildman–Crippen LogP) is 5.40. The average molecular weight is 276 g/mol. The Balaban J connectivity index is 2.04. The molecule has 0 aromatic rings. The van der Waals surface area contributed by atoms with Crippen LogP contribution < -0.4 is 0 Å². The lowest BCUT2D eigenvalue weighted by Crippen LogP contribution is -2.40. The van der Waals surface area contributed by atoms with Crippen molar-refractivity contribution in [2.45, 2.75) is 72.6 Å². The van der Waals surface area contributed by atoms with Crippen molar-refractivity contribution in [3.63, 3.8) is 0 Å². The van der Waals surface area contributed by atoms with Gasteiger partial charge in [0.15, 0.2) is 0 Å². The van der Waals surface area contributed by atoms with Crippen LogP contribution >= 0.6 is 0 Å². The monoisotopic (exact) mass is 276 g/mol. The molecular weight excluding hydrogens is 244 g/mol. The molecule has 1 nitrogen and oxygen atoms in total. The number of rotatable bonds is 5. The molecule has 0 bridgehead atoms. The number of hydrogen-bond acceptors (Lipinski definition) is 1. The highest BCUT2D eigenvalue weighted by Gasteiger charge is 2.52. The SMILES string of the molecule is C=C(C)CC[C@H](C)[C@H](C)C1CCC2C(=O)CCC[C@@]21C. The molecule has 20 heavy (non-hydrogen) atoms. The van der Waals surface area contributed by atoms with Crippen molar-refractivity contribution in [1.29, 1.82) is 0 Å². The summed E-state index contributed by atoms with van der Waals surface area (Å²) in [7, 11) is 0. The molecule has 5 atom stereocenters. The van der Waals surface area contributed by atoms with Gasteiger partial charge in [0.1, 0.15) is 5.78 Å². The first-order chi connectivity index (χ1) is 9.36. The van der Waals surface area contributed by atoms with Crippen LogP contribution in [0, 0.1) is 29.1 Å². The van der Waals surface area contributed by atoms with E-state index in [0.29, 0.717) is 17.1 Å². The lowest BCUT2D eigenvalue weighted by molar-refractivity contribution is -0.130. The maximum absolute atomic E-state index is 12.2. The van der Waals surface area contributed by atoms with Crippen molar-refractivity contribution < 1.29 is 4.79 Å². The number of carbonyl (C=O) groups excluding carboxylic acids is 1. The summed E-state index contributed by atoms with van der Waals surface area (Å²) in [6, 6.07) is 0. The first kappa shape index (κ1) is 15.8. The maximum Gasteiger partial charge on any atom is 0.136 e. The van der Waals surface area contributed by atoms with Gasteiger partial charge in [-0.05, 0) is 68.6 Å². The predicted molar refractivity (Wildman–Crippen MR) is 85.6 cm³/mol. The molecule has 2 fully saturated rings. The molecule has 0 aromatic carbocycles. The minimum absolute atomic E-state index is 0.298. The molecule has 2 saturated carbocycles. The summed E-state index contributed by atoms with van der Waals surface area (Å²) in [4.78, 5) is 12.2. The van der Waals surface area contributed by atoms with E-state index in [2.05, 4.69) is 34.3 Å². The Morgan fingerprint density at radius 3 is 2.75 bits per heavy atom. The minimum Gasteiger partial charge on any atom is -0.299 e. The lowest BCUT2D eigenvalue weighted by Gasteiger charge is -2.43. The van der Waals surface area contributed by atoms with Crippen LogP contribution in [0.1, 0.15) is 72.6 Å². The molecule has 2 aliphatic carbocycles. The Bertz CT molecular complexity index is 383. The Morgan fingerprint density at radius 1 is 1.40 bits per heavy atom. The van der Waals surface area contributed by atoms with Crippen LogP contribution in [0.25, 0.3) is 0 Å². The van der Waals surface area contributed by atoms with E-state index in [1.165, 1.54) is 24.8 Å². The van der Waals surface area contributed by atoms with E-state index < -0.39 is 0 Å². The lowest BCUT2D eigenvalue weighted by atomic mass is 9.60. The number of allylic oxidation sites excluding steroid dienone is 1. The highest BCUT2D eigenvalue weighted by Crippen LogP contribution is 2.57. The highest BCUT2D eigenvalue weighted by atomic mass is 16.1. The summed E-state index contributed by atoms with van der Waals surface area (Å²) < 4.78 is 0. The molecule has 2 unspecified atom stereocenters. The Hall–Kier alpha value is -0.590. The standard InChI is InChI=1S/C19H32O/c1-13(2)8-9-14(3)15(4)16-10-11-17-18(20)7-6-12-19(16,17)5/h14-17H,1,6-12H2,2-5H3/t14-,15-,16?,17?,19+/m0/s1. The first-order valence-electron chi connectivity index (χ1n) is 8.53. The number of carbonyl (C=O) groups is 1. The summed E-state index contributed by atoms with van der Waals surface area (Å²) in [6.07, 6.45) is 8.05. The van der Waals surface area contributed by atoms with E-state index in [1.807, 2.05) is 0 Å². The van der Waals surface area contributed by atoms with Crippen LogP contribution in [0.2, 0.25) is 0 Å². The number of fused-ring (bicyclic) bond motifs is 1. The van der Waals surface area contributed by atoms with Crippen LogP contribution in [0.4, 0.5) is 0 Å². The number of hydrogen-bond donors (Lipinski definition) is 0. The van der Waals surface area contributed by atoms with Gasteiger partial charge < -0.3 is 0 Å². The molecule has 0 saturated heterocycles. The van der Waals surface area contributed by atoms with E-state index >= 15 is 0 Å². The maximum atomic E-state index is 12.2. The summed E-state index contributed by atoms with van der Waals surface area (Å²) in [5.74, 6) is 3.15. The van der Waals surface area contributed by atoms with Gasteiger partial charge in [-0.25, -0.2) is 0 Å². The second-order valence-electron chi connectivity index (χ2n) is 7.89. The Labute approximate surface area is 125 Å². The Morgan fingerprint density at radius 2 is 2.10 bits per heavy atom. The molecule has 0 aromatic heterocycles. The van der Waals surface area contributed by atoms with Crippen molar-refractivity contribution >= 4 is 5.78 Å². The summed E-state index contributed by atoms with van der Waals surface area (Å²) >= 11 is 0. The van der Waals surface area contributed by atoms with Gasteiger partial charge in [-0.2, -0.15) is 0 Å².